The van der Waals surface area contributed by atoms with Gasteiger partial charge >= 0.3 is 5.97 Å². The Hall–Kier alpha value is -2.64. The number of rotatable bonds is 5. The van der Waals surface area contributed by atoms with Gasteiger partial charge in [-0.25, -0.2) is 9.78 Å². The molecule has 0 saturated carbocycles. The summed E-state index contributed by atoms with van der Waals surface area (Å²) >= 11 is 0. The Bertz CT molecular complexity index is 707. The largest absolute Gasteiger partial charge is 0.478 e. The molecular weight excluding hydrogens is 274 g/mol. The van der Waals surface area contributed by atoms with Crippen LogP contribution in [0.4, 0.5) is 5.69 Å². The molecule has 2 aromatic heterocycles. The van der Waals surface area contributed by atoms with Crippen molar-refractivity contribution in [3.8, 4) is 0 Å². The SMILES string of the molecule is CCNC(=O)CNc1c(C(=O)O)cnc2c1c(C)nn2C. The molecule has 2 rings (SSSR count). The molecule has 8 nitrogen and oxygen atoms in total. The molecule has 0 radical (unpaired) electrons. The van der Waals surface area contributed by atoms with Gasteiger partial charge in [0.15, 0.2) is 5.65 Å². The van der Waals surface area contributed by atoms with Gasteiger partial charge in [0, 0.05) is 19.8 Å². The lowest BCUT2D eigenvalue weighted by Gasteiger charge is -2.11. The number of carboxylic acid groups (broad SMARTS) is 1. The third kappa shape index (κ3) is 2.78. The van der Waals surface area contributed by atoms with E-state index in [0.29, 0.717) is 29.0 Å². The van der Waals surface area contributed by atoms with E-state index in [1.165, 1.54) is 6.20 Å². The topological polar surface area (TPSA) is 109 Å². The molecule has 0 aliphatic heterocycles. The molecule has 0 aromatic carbocycles. The van der Waals surface area contributed by atoms with E-state index in [0.717, 1.165) is 0 Å². The number of aryl methyl sites for hydroxylation is 2. The number of hydrogen-bond donors (Lipinski definition) is 3. The maximum atomic E-state index is 11.6. The smallest absolute Gasteiger partial charge is 0.339 e. The van der Waals surface area contributed by atoms with E-state index < -0.39 is 5.97 Å². The minimum atomic E-state index is -1.11. The number of aromatic nitrogens is 3. The lowest BCUT2D eigenvalue weighted by atomic mass is 10.1. The van der Waals surface area contributed by atoms with Gasteiger partial charge in [0.1, 0.15) is 5.56 Å². The van der Waals surface area contributed by atoms with Crippen molar-refractivity contribution in [2.45, 2.75) is 13.8 Å². The van der Waals surface area contributed by atoms with Gasteiger partial charge in [0.05, 0.1) is 23.3 Å². The van der Waals surface area contributed by atoms with Crippen molar-refractivity contribution >= 4 is 28.6 Å². The molecule has 2 aromatic rings. The van der Waals surface area contributed by atoms with Crippen LogP contribution < -0.4 is 10.6 Å². The van der Waals surface area contributed by atoms with Crippen LogP contribution in [-0.2, 0) is 11.8 Å². The highest BCUT2D eigenvalue weighted by Crippen LogP contribution is 2.28. The van der Waals surface area contributed by atoms with Crippen molar-refractivity contribution in [1.29, 1.82) is 0 Å². The zero-order valence-corrected chi connectivity index (χ0v) is 12.1. The molecule has 0 aliphatic carbocycles. The lowest BCUT2D eigenvalue weighted by Crippen LogP contribution is -2.29. The van der Waals surface area contributed by atoms with Crippen molar-refractivity contribution in [3.63, 3.8) is 0 Å². The van der Waals surface area contributed by atoms with Crippen LogP contribution in [0.2, 0.25) is 0 Å². The highest BCUT2D eigenvalue weighted by molar-refractivity contribution is 6.05. The third-order valence-electron chi connectivity index (χ3n) is 3.06. The molecule has 0 saturated heterocycles. The van der Waals surface area contributed by atoms with E-state index in [4.69, 9.17) is 0 Å². The molecule has 0 atom stereocenters. The Kier molecular flexibility index (Phi) is 4.06. The van der Waals surface area contributed by atoms with E-state index in [9.17, 15) is 14.7 Å². The normalized spacial score (nSPS) is 10.6. The molecule has 112 valence electrons. The van der Waals surface area contributed by atoms with Gasteiger partial charge in [0.2, 0.25) is 5.91 Å². The Labute approximate surface area is 121 Å². The zero-order valence-electron chi connectivity index (χ0n) is 12.1. The van der Waals surface area contributed by atoms with E-state index >= 15 is 0 Å². The van der Waals surface area contributed by atoms with Crippen LogP contribution in [0.25, 0.3) is 11.0 Å². The van der Waals surface area contributed by atoms with Crippen LogP contribution in [0.3, 0.4) is 0 Å². The summed E-state index contributed by atoms with van der Waals surface area (Å²) in [7, 11) is 1.73. The Balaban J connectivity index is 2.49. The van der Waals surface area contributed by atoms with E-state index in [2.05, 4.69) is 20.7 Å². The monoisotopic (exact) mass is 291 g/mol. The third-order valence-corrected chi connectivity index (χ3v) is 3.06. The highest BCUT2D eigenvalue weighted by Gasteiger charge is 2.19. The average molecular weight is 291 g/mol. The van der Waals surface area contributed by atoms with Crippen LogP contribution in [0.15, 0.2) is 6.20 Å². The predicted molar refractivity (Wildman–Crippen MR) is 77.4 cm³/mol. The van der Waals surface area contributed by atoms with Gasteiger partial charge in [-0.3, -0.25) is 9.48 Å². The minimum Gasteiger partial charge on any atom is -0.478 e. The first-order valence-corrected chi connectivity index (χ1v) is 6.51. The number of aromatic carboxylic acids is 1. The van der Waals surface area contributed by atoms with Gasteiger partial charge in [0.25, 0.3) is 0 Å². The quantitative estimate of drug-likeness (QED) is 0.741. The first-order chi connectivity index (χ1) is 9.95. The summed E-state index contributed by atoms with van der Waals surface area (Å²) in [4.78, 5) is 27.0. The number of amides is 1. The van der Waals surface area contributed by atoms with Crippen LogP contribution in [-0.4, -0.2) is 44.8 Å². The molecular formula is C13H17N5O3. The maximum absolute atomic E-state index is 11.6. The minimum absolute atomic E-state index is 0.0123. The molecule has 3 N–H and O–H groups in total. The molecule has 21 heavy (non-hydrogen) atoms. The van der Waals surface area contributed by atoms with Crippen molar-refractivity contribution in [1.82, 2.24) is 20.1 Å². The number of fused-ring (bicyclic) bond motifs is 1. The molecule has 0 fully saturated rings. The van der Waals surface area contributed by atoms with Crippen LogP contribution in [0.5, 0.6) is 0 Å². The van der Waals surface area contributed by atoms with Crippen molar-refractivity contribution < 1.29 is 14.7 Å². The number of carbonyl (C=O) groups is 2. The predicted octanol–water partition coefficient (Wildman–Crippen LogP) is 0.523. The fourth-order valence-corrected chi connectivity index (χ4v) is 2.19. The molecule has 0 unspecified atom stereocenters. The number of carboxylic acids is 1. The number of nitrogens with one attached hydrogen (secondary N) is 2. The summed E-state index contributed by atoms with van der Waals surface area (Å²) in [5.41, 5.74) is 1.60. The first-order valence-electron chi connectivity index (χ1n) is 6.51. The highest BCUT2D eigenvalue weighted by atomic mass is 16.4. The second-order valence-corrected chi connectivity index (χ2v) is 4.57. The number of nitrogens with zero attached hydrogens (tertiary/aromatic N) is 3. The van der Waals surface area contributed by atoms with E-state index in [1.807, 2.05) is 6.92 Å². The summed E-state index contributed by atoms with van der Waals surface area (Å²) < 4.78 is 1.58. The fourth-order valence-electron chi connectivity index (χ4n) is 2.19. The molecule has 0 bridgehead atoms. The number of pyridine rings is 1. The maximum Gasteiger partial charge on any atom is 0.339 e. The number of anilines is 1. The zero-order chi connectivity index (χ0) is 15.6. The van der Waals surface area contributed by atoms with Crippen LogP contribution >= 0.6 is 0 Å². The van der Waals surface area contributed by atoms with Crippen LogP contribution in [0, 0.1) is 6.92 Å². The van der Waals surface area contributed by atoms with Crippen molar-refractivity contribution in [2.75, 3.05) is 18.4 Å². The summed E-state index contributed by atoms with van der Waals surface area (Å²) in [5, 5.41) is 19.7. The van der Waals surface area contributed by atoms with E-state index in [1.54, 1.807) is 18.7 Å². The average Bonchev–Trinajstić information content (AvgIpc) is 2.71. The Morgan fingerprint density at radius 1 is 1.43 bits per heavy atom. The molecule has 0 aliphatic rings. The fraction of sp³-hybridized carbons (Fsp3) is 0.385. The van der Waals surface area contributed by atoms with Gasteiger partial charge in [-0.2, -0.15) is 5.10 Å². The van der Waals surface area contributed by atoms with Gasteiger partial charge in [-0.15, -0.1) is 0 Å². The van der Waals surface area contributed by atoms with E-state index in [-0.39, 0.29) is 18.0 Å². The summed E-state index contributed by atoms with van der Waals surface area (Å²) in [6, 6.07) is 0. The van der Waals surface area contributed by atoms with Gasteiger partial charge in [-0.1, -0.05) is 0 Å². The standard InChI is InChI=1S/C13H17N5O3/c1-4-14-9(19)6-15-11-8(13(20)21)5-16-12-10(11)7(2)17-18(12)3/h5H,4,6H2,1-3H3,(H,14,19)(H,15,16)(H,20,21). The summed E-state index contributed by atoms with van der Waals surface area (Å²) in [6.45, 7) is 4.09. The van der Waals surface area contributed by atoms with Crippen molar-refractivity contribution in [3.05, 3.63) is 17.5 Å². The second-order valence-electron chi connectivity index (χ2n) is 4.57. The lowest BCUT2D eigenvalue weighted by molar-refractivity contribution is -0.119. The summed E-state index contributed by atoms with van der Waals surface area (Å²) in [5.74, 6) is -1.31. The first kappa shape index (κ1) is 14.8. The Morgan fingerprint density at radius 3 is 2.76 bits per heavy atom. The molecule has 1 amide bonds. The number of likely N-dealkylation sites (N-methyl/N-ethyl adjacent to an activating group) is 1. The molecule has 8 heteroatoms. The summed E-state index contributed by atoms with van der Waals surface area (Å²) in [6.07, 6.45) is 1.27. The number of carbonyl (C=O) groups excluding carboxylic acids is 1. The second kappa shape index (κ2) is 5.78. The Morgan fingerprint density at radius 2 is 2.14 bits per heavy atom. The molecule has 2 heterocycles. The number of hydrogen-bond acceptors (Lipinski definition) is 5. The van der Waals surface area contributed by atoms with Crippen LogP contribution in [0.1, 0.15) is 23.0 Å². The van der Waals surface area contributed by atoms with Crippen molar-refractivity contribution in [2.24, 2.45) is 7.05 Å². The molecule has 0 spiro atoms. The van der Waals surface area contributed by atoms with Gasteiger partial charge in [-0.05, 0) is 13.8 Å². The van der Waals surface area contributed by atoms with Gasteiger partial charge < -0.3 is 15.7 Å².